The van der Waals surface area contributed by atoms with Gasteiger partial charge in [0, 0.05) is 5.92 Å². The Kier molecular flexibility index (Phi) is 1.33. The Hall–Kier alpha value is -0.155. The van der Waals surface area contributed by atoms with Gasteiger partial charge in [0.2, 0.25) is 0 Å². The van der Waals surface area contributed by atoms with Crippen LogP contribution in [0.4, 0.5) is 8.78 Å². The van der Waals surface area contributed by atoms with Crippen molar-refractivity contribution in [2.75, 3.05) is 0 Å². The van der Waals surface area contributed by atoms with Crippen molar-refractivity contribution in [1.82, 2.24) is 0 Å². The lowest BCUT2D eigenvalue weighted by atomic mass is 9.81. The van der Waals surface area contributed by atoms with Crippen molar-refractivity contribution in [1.29, 1.82) is 0 Å². The van der Waals surface area contributed by atoms with E-state index in [1.165, 1.54) is 0 Å². The Morgan fingerprint density at radius 2 is 1.82 bits per heavy atom. The Morgan fingerprint density at radius 1 is 1.27 bits per heavy atom. The quantitative estimate of drug-likeness (QED) is 0.580. The summed E-state index contributed by atoms with van der Waals surface area (Å²) in [6.07, 6.45) is 1.65. The SMILES string of the molecule is OB(O)[C@@H]1[C@@H](C2CC2)C1(F)F. The van der Waals surface area contributed by atoms with E-state index < -0.39 is 24.8 Å². The minimum absolute atomic E-state index is 0.0526. The molecule has 2 fully saturated rings. The second-order valence-electron chi connectivity index (χ2n) is 3.48. The van der Waals surface area contributed by atoms with Gasteiger partial charge in [-0.2, -0.15) is 0 Å². The average Bonchev–Trinajstić information content (AvgIpc) is 2.63. The van der Waals surface area contributed by atoms with Gasteiger partial charge in [-0.3, -0.25) is 0 Å². The number of rotatable bonds is 2. The number of hydrogen-bond acceptors (Lipinski definition) is 2. The Balaban J connectivity index is 2.03. The van der Waals surface area contributed by atoms with Crippen molar-refractivity contribution in [3.8, 4) is 0 Å². The molecule has 62 valence electrons. The second kappa shape index (κ2) is 1.96. The van der Waals surface area contributed by atoms with E-state index >= 15 is 0 Å². The molecule has 2 saturated carbocycles. The molecule has 2 atom stereocenters. The highest BCUT2D eigenvalue weighted by Crippen LogP contribution is 2.69. The van der Waals surface area contributed by atoms with Crippen molar-refractivity contribution in [2.24, 2.45) is 11.8 Å². The van der Waals surface area contributed by atoms with Crippen LogP contribution in [0.5, 0.6) is 0 Å². The third-order valence-corrected chi connectivity index (χ3v) is 2.62. The molecule has 0 amide bonds. The first-order valence-corrected chi connectivity index (χ1v) is 3.79. The van der Waals surface area contributed by atoms with Crippen LogP contribution in [-0.4, -0.2) is 23.1 Å². The summed E-state index contributed by atoms with van der Waals surface area (Å²) in [5.41, 5.74) is 0. The fraction of sp³-hybridized carbons (Fsp3) is 1.00. The van der Waals surface area contributed by atoms with E-state index in [0.717, 1.165) is 12.8 Å². The fourth-order valence-corrected chi connectivity index (χ4v) is 1.82. The number of halogens is 2. The monoisotopic (exact) mass is 162 g/mol. The normalized spacial score (nSPS) is 40.4. The number of alkyl halides is 2. The molecule has 0 radical (unpaired) electrons. The summed E-state index contributed by atoms with van der Waals surface area (Å²) in [6.45, 7) is 0. The second-order valence-corrected chi connectivity index (χ2v) is 3.48. The van der Waals surface area contributed by atoms with Crippen molar-refractivity contribution in [3.63, 3.8) is 0 Å². The van der Waals surface area contributed by atoms with Crippen molar-refractivity contribution >= 4 is 7.12 Å². The fourth-order valence-electron chi connectivity index (χ4n) is 1.82. The molecule has 2 aliphatic carbocycles. The van der Waals surface area contributed by atoms with E-state index in [-0.39, 0.29) is 5.92 Å². The molecule has 0 heterocycles. The van der Waals surface area contributed by atoms with Gasteiger partial charge < -0.3 is 10.0 Å². The van der Waals surface area contributed by atoms with Crippen molar-refractivity contribution < 1.29 is 18.8 Å². The first-order chi connectivity index (χ1) is 5.05. The summed E-state index contributed by atoms with van der Waals surface area (Å²) in [6, 6.07) is 0. The molecule has 0 bridgehead atoms. The molecule has 0 unspecified atom stereocenters. The third kappa shape index (κ3) is 0.982. The highest BCUT2D eigenvalue weighted by molar-refractivity contribution is 6.45. The molecule has 2 aliphatic rings. The van der Waals surface area contributed by atoms with Gasteiger partial charge in [-0.15, -0.1) is 0 Å². The van der Waals surface area contributed by atoms with Crippen LogP contribution in [0.3, 0.4) is 0 Å². The van der Waals surface area contributed by atoms with Gasteiger partial charge in [0.1, 0.15) is 0 Å². The molecule has 0 aromatic rings. The Bertz CT molecular complexity index is 171. The molecular formula is C6H9BF2O2. The van der Waals surface area contributed by atoms with Crippen LogP contribution in [-0.2, 0) is 0 Å². The standard InChI is InChI=1S/C6H9BF2O2/c8-6(9)4(3-1-2-3)5(6)7(10)11/h3-5,10-11H,1-2H2/t4-,5-/m1/s1. The van der Waals surface area contributed by atoms with Crippen LogP contribution in [0.25, 0.3) is 0 Å². The van der Waals surface area contributed by atoms with Gasteiger partial charge in [-0.05, 0) is 18.8 Å². The van der Waals surface area contributed by atoms with E-state index in [1.807, 2.05) is 0 Å². The maximum atomic E-state index is 12.7. The average molecular weight is 162 g/mol. The molecule has 2 nitrogen and oxygen atoms in total. The lowest BCUT2D eigenvalue weighted by Gasteiger charge is -1.91. The first kappa shape index (κ1) is 7.49. The van der Waals surface area contributed by atoms with E-state index in [4.69, 9.17) is 10.0 Å². The predicted octanol–water partition coefficient (Wildman–Crippen LogP) is 0.505. The first-order valence-electron chi connectivity index (χ1n) is 3.79. The summed E-state index contributed by atoms with van der Waals surface area (Å²) in [7, 11) is -1.84. The van der Waals surface area contributed by atoms with Gasteiger partial charge >= 0.3 is 7.12 Å². The minimum atomic E-state index is -2.81. The lowest BCUT2D eigenvalue weighted by molar-refractivity contribution is 0.0917. The molecule has 2 rings (SSSR count). The molecule has 0 aromatic heterocycles. The largest absolute Gasteiger partial charge is 0.461 e. The summed E-state index contributed by atoms with van der Waals surface area (Å²) in [5, 5.41) is 17.1. The molecule has 2 N–H and O–H groups in total. The zero-order valence-corrected chi connectivity index (χ0v) is 5.87. The summed E-state index contributed by atoms with van der Waals surface area (Å²) < 4.78 is 25.4. The van der Waals surface area contributed by atoms with Crippen LogP contribution in [0, 0.1) is 11.8 Å². The summed E-state index contributed by atoms with van der Waals surface area (Å²) >= 11 is 0. The van der Waals surface area contributed by atoms with E-state index in [1.54, 1.807) is 0 Å². The Morgan fingerprint density at radius 3 is 2.09 bits per heavy atom. The lowest BCUT2D eigenvalue weighted by Crippen LogP contribution is -2.14. The maximum absolute atomic E-state index is 12.7. The predicted molar refractivity (Wildman–Crippen MR) is 35.1 cm³/mol. The van der Waals surface area contributed by atoms with Gasteiger partial charge in [-0.25, -0.2) is 8.78 Å². The zero-order chi connectivity index (χ0) is 8.22. The van der Waals surface area contributed by atoms with Gasteiger partial charge in [-0.1, -0.05) is 0 Å². The maximum Gasteiger partial charge on any atom is 0.461 e. The van der Waals surface area contributed by atoms with Gasteiger partial charge in [0.05, 0.1) is 5.82 Å². The van der Waals surface area contributed by atoms with E-state index in [2.05, 4.69) is 0 Å². The topological polar surface area (TPSA) is 40.5 Å². The highest BCUT2D eigenvalue weighted by Gasteiger charge is 2.75. The van der Waals surface area contributed by atoms with Gasteiger partial charge in [0.25, 0.3) is 5.92 Å². The number of hydrogen-bond donors (Lipinski definition) is 2. The van der Waals surface area contributed by atoms with E-state index in [0.29, 0.717) is 0 Å². The minimum Gasteiger partial charge on any atom is -0.427 e. The Labute approximate surface area is 63.4 Å². The molecule has 5 heteroatoms. The third-order valence-electron chi connectivity index (χ3n) is 2.62. The van der Waals surface area contributed by atoms with Crippen LogP contribution < -0.4 is 0 Å². The van der Waals surface area contributed by atoms with Crippen LogP contribution in [0.15, 0.2) is 0 Å². The van der Waals surface area contributed by atoms with Crippen molar-refractivity contribution in [2.45, 2.75) is 24.6 Å². The van der Waals surface area contributed by atoms with Crippen LogP contribution >= 0.6 is 0 Å². The molecule has 0 aliphatic heterocycles. The van der Waals surface area contributed by atoms with Crippen LogP contribution in [0.1, 0.15) is 12.8 Å². The smallest absolute Gasteiger partial charge is 0.427 e. The summed E-state index contributed by atoms with van der Waals surface area (Å²) in [4.78, 5) is 0. The summed E-state index contributed by atoms with van der Waals surface area (Å²) in [5.74, 6) is -4.69. The van der Waals surface area contributed by atoms with Crippen molar-refractivity contribution in [3.05, 3.63) is 0 Å². The molecule has 0 saturated heterocycles. The molecular weight excluding hydrogens is 153 g/mol. The molecule has 0 aromatic carbocycles. The highest BCUT2D eigenvalue weighted by atomic mass is 19.3. The zero-order valence-electron chi connectivity index (χ0n) is 5.87. The molecule has 0 spiro atoms. The van der Waals surface area contributed by atoms with Gasteiger partial charge in [0.15, 0.2) is 0 Å². The molecule has 11 heavy (non-hydrogen) atoms. The van der Waals surface area contributed by atoms with E-state index in [9.17, 15) is 8.78 Å². The van der Waals surface area contributed by atoms with Crippen LogP contribution in [0.2, 0.25) is 5.82 Å².